The van der Waals surface area contributed by atoms with E-state index in [1.165, 1.54) is 6.92 Å². The van der Waals surface area contributed by atoms with Gasteiger partial charge in [-0.15, -0.1) is 0 Å². The molecule has 9 heavy (non-hydrogen) atoms. The third-order valence-electron chi connectivity index (χ3n) is 0.553. The van der Waals surface area contributed by atoms with Crippen molar-refractivity contribution >= 4 is 23.0 Å². The zero-order valence-corrected chi connectivity index (χ0v) is 5.51. The first-order valence-electron chi connectivity index (χ1n) is 2.20. The Morgan fingerprint density at radius 3 is 2.22 bits per heavy atom. The van der Waals surface area contributed by atoms with Crippen LogP contribution in [0.25, 0.3) is 0 Å². The van der Waals surface area contributed by atoms with Gasteiger partial charge in [0.2, 0.25) is 0 Å². The maximum atomic E-state index is 10.3. The Balaban J connectivity index is 3.64. The van der Waals surface area contributed by atoms with E-state index in [0.717, 1.165) is 0 Å². The zero-order valence-electron chi connectivity index (χ0n) is 4.76. The van der Waals surface area contributed by atoms with Crippen LogP contribution in [-0.2, 0) is 9.53 Å². The maximum absolute atomic E-state index is 10.3. The van der Waals surface area contributed by atoms with Crippen LogP contribution in [0.15, 0.2) is 0 Å². The molecule has 2 N–H and O–H groups in total. The Morgan fingerprint density at radius 2 is 2.11 bits per heavy atom. The Labute approximate surface area is 56.9 Å². The fourth-order valence-electron chi connectivity index (χ4n) is 0.172. The smallest absolute Gasteiger partial charge is 0.379 e. The average molecular weight is 152 g/mol. The van der Waals surface area contributed by atoms with Gasteiger partial charge in [-0.05, 0) is 6.92 Å². The maximum Gasteiger partial charge on any atom is 0.411 e. The SMILES string of the molecule is C[C@H](N)C(=O)OC(=O)Cl. The summed E-state index contributed by atoms with van der Waals surface area (Å²) in [5.74, 6) is -0.824. The Hall–Kier alpha value is -0.610. The van der Waals surface area contributed by atoms with Gasteiger partial charge in [0.1, 0.15) is 6.04 Å². The Kier molecular flexibility index (Phi) is 3.19. The lowest BCUT2D eigenvalue weighted by Gasteiger charge is -1.99. The Bertz CT molecular complexity index is 134. The molecule has 0 rings (SSSR count). The zero-order chi connectivity index (χ0) is 7.44. The topological polar surface area (TPSA) is 69.4 Å². The fraction of sp³-hybridized carbons (Fsp3) is 0.500. The number of hydrogen-bond donors (Lipinski definition) is 1. The van der Waals surface area contributed by atoms with Crippen LogP contribution in [0.3, 0.4) is 0 Å². The molecule has 0 spiro atoms. The van der Waals surface area contributed by atoms with Gasteiger partial charge >= 0.3 is 11.4 Å². The van der Waals surface area contributed by atoms with Crippen molar-refractivity contribution in [2.75, 3.05) is 0 Å². The van der Waals surface area contributed by atoms with E-state index >= 15 is 0 Å². The lowest BCUT2D eigenvalue weighted by Crippen LogP contribution is -2.29. The predicted molar refractivity (Wildman–Crippen MR) is 31.0 cm³/mol. The van der Waals surface area contributed by atoms with Crippen LogP contribution in [0.1, 0.15) is 6.92 Å². The molecular formula is C4H6ClNO3. The molecule has 0 fully saturated rings. The van der Waals surface area contributed by atoms with Crippen molar-refractivity contribution in [1.29, 1.82) is 0 Å². The van der Waals surface area contributed by atoms with Crippen molar-refractivity contribution in [3.8, 4) is 0 Å². The van der Waals surface area contributed by atoms with Gasteiger partial charge in [-0.25, -0.2) is 9.59 Å². The van der Waals surface area contributed by atoms with Crippen LogP contribution in [0.2, 0.25) is 0 Å². The number of hydrogen-bond acceptors (Lipinski definition) is 4. The molecular weight excluding hydrogens is 146 g/mol. The van der Waals surface area contributed by atoms with E-state index in [4.69, 9.17) is 5.73 Å². The van der Waals surface area contributed by atoms with Gasteiger partial charge in [-0.3, -0.25) is 0 Å². The van der Waals surface area contributed by atoms with E-state index in [1.54, 1.807) is 0 Å². The molecule has 1 atom stereocenters. The van der Waals surface area contributed by atoms with Crippen molar-refractivity contribution in [2.24, 2.45) is 5.73 Å². The standard InChI is InChI=1S/C4H6ClNO3/c1-2(6)3(7)9-4(5)8/h2H,6H2,1H3/t2-/m0/s1. The summed E-state index contributed by atoms with van der Waals surface area (Å²) in [6.45, 7) is 1.39. The highest BCUT2D eigenvalue weighted by Crippen LogP contribution is 1.89. The highest BCUT2D eigenvalue weighted by Gasteiger charge is 2.11. The summed E-state index contributed by atoms with van der Waals surface area (Å²) in [6, 6.07) is -0.812. The van der Waals surface area contributed by atoms with Crippen molar-refractivity contribution in [3.63, 3.8) is 0 Å². The van der Waals surface area contributed by atoms with Crippen molar-refractivity contribution in [2.45, 2.75) is 13.0 Å². The van der Waals surface area contributed by atoms with Gasteiger partial charge in [0.25, 0.3) is 0 Å². The highest BCUT2D eigenvalue weighted by molar-refractivity contribution is 6.61. The van der Waals surface area contributed by atoms with Crippen LogP contribution in [0, 0.1) is 0 Å². The molecule has 0 aliphatic rings. The molecule has 0 bridgehead atoms. The van der Waals surface area contributed by atoms with Crippen LogP contribution in [0.5, 0.6) is 0 Å². The fourth-order valence-corrected chi connectivity index (χ4v) is 0.248. The summed E-state index contributed by atoms with van der Waals surface area (Å²) in [6.07, 6.45) is 0. The van der Waals surface area contributed by atoms with E-state index in [9.17, 15) is 9.59 Å². The van der Waals surface area contributed by atoms with E-state index in [0.29, 0.717) is 0 Å². The first-order chi connectivity index (χ1) is 4.04. The summed E-state index contributed by atoms with van der Waals surface area (Å²) < 4.78 is 3.87. The molecule has 0 aromatic carbocycles. The molecule has 0 aromatic rings. The first-order valence-corrected chi connectivity index (χ1v) is 2.58. The summed E-state index contributed by atoms with van der Waals surface area (Å²) >= 11 is 4.68. The van der Waals surface area contributed by atoms with Crippen LogP contribution >= 0.6 is 11.6 Å². The molecule has 52 valence electrons. The lowest BCUT2D eigenvalue weighted by atomic mass is 10.4. The minimum atomic E-state index is -1.16. The van der Waals surface area contributed by atoms with Crippen molar-refractivity contribution in [1.82, 2.24) is 0 Å². The van der Waals surface area contributed by atoms with Crippen LogP contribution in [0.4, 0.5) is 4.79 Å². The summed E-state index contributed by atoms with van der Waals surface area (Å²) in [7, 11) is 0. The van der Waals surface area contributed by atoms with Crippen molar-refractivity contribution in [3.05, 3.63) is 0 Å². The Morgan fingerprint density at radius 1 is 1.67 bits per heavy atom. The minimum Gasteiger partial charge on any atom is -0.379 e. The number of rotatable bonds is 1. The van der Waals surface area contributed by atoms with Crippen molar-refractivity contribution < 1.29 is 14.3 Å². The molecule has 0 saturated heterocycles. The quantitative estimate of drug-likeness (QED) is 0.331. The average Bonchev–Trinajstić information content (AvgIpc) is 1.63. The number of carbonyl (C=O) groups excluding carboxylic acids is 2. The molecule has 0 heterocycles. The molecule has 5 heteroatoms. The van der Waals surface area contributed by atoms with E-state index in [1.807, 2.05) is 0 Å². The molecule has 0 radical (unpaired) electrons. The van der Waals surface area contributed by atoms with Gasteiger partial charge in [0.05, 0.1) is 0 Å². The van der Waals surface area contributed by atoms with E-state index in [-0.39, 0.29) is 0 Å². The van der Waals surface area contributed by atoms with Gasteiger partial charge in [-0.2, -0.15) is 0 Å². The second-order valence-corrected chi connectivity index (χ2v) is 1.76. The van der Waals surface area contributed by atoms with Crippen LogP contribution in [-0.4, -0.2) is 17.4 Å². The third kappa shape index (κ3) is 3.93. The molecule has 0 aromatic heterocycles. The van der Waals surface area contributed by atoms with Gasteiger partial charge in [0, 0.05) is 11.6 Å². The van der Waals surface area contributed by atoms with E-state index < -0.39 is 17.4 Å². The number of halogens is 1. The number of ether oxygens (including phenoxy) is 1. The van der Waals surface area contributed by atoms with Crippen LogP contribution < -0.4 is 5.73 Å². The lowest BCUT2D eigenvalue weighted by molar-refractivity contribution is -0.137. The number of carbonyl (C=O) groups is 2. The highest BCUT2D eigenvalue weighted by atomic mass is 35.5. The summed E-state index contributed by atoms with van der Waals surface area (Å²) in [5, 5.41) is 0. The molecule has 0 amide bonds. The second-order valence-electron chi connectivity index (χ2n) is 1.45. The third-order valence-corrected chi connectivity index (χ3v) is 0.630. The molecule has 4 nitrogen and oxygen atoms in total. The minimum absolute atomic E-state index is 0.812. The summed E-state index contributed by atoms with van der Waals surface area (Å²) in [5.41, 5.74) is 3.84. The summed E-state index contributed by atoms with van der Waals surface area (Å²) in [4.78, 5) is 20.1. The predicted octanol–water partition coefficient (Wildman–Crippen LogP) is 0.236. The number of nitrogens with two attached hydrogens (primary N) is 1. The van der Waals surface area contributed by atoms with Gasteiger partial charge < -0.3 is 10.5 Å². The molecule has 0 unspecified atom stereocenters. The molecule has 0 aliphatic heterocycles. The first kappa shape index (κ1) is 8.39. The normalized spacial score (nSPS) is 12.3. The molecule has 0 aliphatic carbocycles. The van der Waals surface area contributed by atoms with Gasteiger partial charge in [0.15, 0.2) is 0 Å². The number of esters is 1. The second kappa shape index (κ2) is 3.42. The van der Waals surface area contributed by atoms with E-state index in [2.05, 4.69) is 16.3 Å². The van der Waals surface area contributed by atoms with Gasteiger partial charge in [-0.1, -0.05) is 0 Å². The molecule has 0 saturated carbocycles. The monoisotopic (exact) mass is 151 g/mol. The largest absolute Gasteiger partial charge is 0.411 e.